The number of hydrogen-bond acceptors (Lipinski definition) is 7. The number of benzene rings is 1. The number of carboxylic acids is 1. The van der Waals surface area contributed by atoms with E-state index in [1.54, 1.807) is 10.9 Å². The number of hydrogen-bond donors (Lipinski definition) is 1. The van der Waals surface area contributed by atoms with E-state index in [4.69, 9.17) is 21.7 Å². The summed E-state index contributed by atoms with van der Waals surface area (Å²) in [5.41, 5.74) is 3.50. The van der Waals surface area contributed by atoms with Crippen molar-refractivity contribution in [2.75, 3.05) is 24.5 Å². The summed E-state index contributed by atoms with van der Waals surface area (Å²) in [7, 11) is 0. The number of nitrogens with zero attached hydrogens (tertiary/aromatic N) is 7. The lowest BCUT2D eigenvalue weighted by atomic mass is 9.91. The summed E-state index contributed by atoms with van der Waals surface area (Å²) in [5.74, 6) is 0.479. The minimum atomic E-state index is -0.715. The largest absolute Gasteiger partial charge is 0.481 e. The highest BCUT2D eigenvalue weighted by molar-refractivity contribution is 6.30. The van der Waals surface area contributed by atoms with Crippen molar-refractivity contribution < 1.29 is 9.90 Å². The number of fused-ring (bicyclic) bond motifs is 1. The molecule has 4 unspecified atom stereocenters. The summed E-state index contributed by atoms with van der Waals surface area (Å²) in [6, 6.07) is 8.61. The van der Waals surface area contributed by atoms with Crippen molar-refractivity contribution in [1.82, 2.24) is 24.6 Å². The molecule has 0 aliphatic carbocycles. The first-order valence-corrected chi connectivity index (χ1v) is 13.8. The molecule has 11 heteroatoms. The molecule has 2 fully saturated rings. The summed E-state index contributed by atoms with van der Waals surface area (Å²) < 4.78 is 1.80. The van der Waals surface area contributed by atoms with E-state index in [0.29, 0.717) is 34.2 Å². The highest BCUT2D eigenvalue weighted by Gasteiger charge is 2.37. The van der Waals surface area contributed by atoms with Crippen molar-refractivity contribution in [2.45, 2.75) is 71.0 Å². The minimum Gasteiger partial charge on any atom is -0.481 e. The lowest BCUT2D eigenvalue weighted by Crippen LogP contribution is -2.52. The Hall–Kier alpha value is -2.93. The van der Waals surface area contributed by atoms with E-state index in [0.717, 1.165) is 62.3 Å². The smallest absolute Gasteiger partial charge is 0.303 e. The number of piperidine rings is 1. The number of carboxylic acid groups (broad SMARTS) is 1. The fourth-order valence-electron chi connectivity index (χ4n) is 6.37. The minimum absolute atomic E-state index is 0. The molecule has 39 heavy (non-hydrogen) atoms. The summed E-state index contributed by atoms with van der Waals surface area (Å²) in [6.45, 7) is 9.08. The molecule has 2 aliphatic rings. The second-order valence-corrected chi connectivity index (χ2v) is 11.2. The maximum atomic E-state index is 11.1. The van der Waals surface area contributed by atoms with Crippen LogP contribution in [0.4, 0.5) is 5.82 Å². The van der Waals surface area contributed by atoms with Crippen LogP contribution in [0, 0.1) is 24.2 Å². The molecule has 2 aromatic heterocycles. The van der Waals surface area contributed by atoms with Crippen LogP contribution in [0.25, 0.3) is 11.2 Å². The number of nitriles is 1. The topological polar surface area (TPSA) is 111 Å². The van der Waals surface area contributed by atoms with Crippen molar-refractivity contribution in [1.29, 1.82) is 5.26 Å². The van der Waals surface area contributed by atoms with Gasteiger partial charge >= 0.3 is 5.97 Å². The third-order valence-corrected chi connectivity index (χ3v) is 8.50. The van der Waals surface area contributed by atoms with E-state index >= 15 is 0 Å². The van der Waals surface area contributed by atoms with Crippen LogP contribution in [0.15, 0.2) is 24.4 Å². The molecule has 4 atom stereocenters. The van der Waals surface area contributed by atoms with Gasteiger partial charge in [-0.3, -0.25) is 9.69 Å². The van der Waals surface area contributed by atoms with E-state index in [1.807, 2.05) is 32.0 Å². The zero-order valence-corrected chi connectivity index (χ0v) is 24.1. The average molecular weight is 573 g/mol. The van der Waals surface area contributed by atoms with Crippen molar-refractivity contribution in [2.24, 2.45) is 5.92 Å². The SMILES string of the molecule is Cc1cc(Cl)ccc1C(C)n1nc(C#N)c2ncc(N3CCC(N4CCCC4CCC(=O)O)C(C)C3)nc21.Cl. The first-order valence-electron chi connectivity index (χ1n) is 13.4. The van der Waals surface area contributed by atoms with Crippen molar-refractivity contribution >= 4 is 47.0 Å². The highest BCUT2D eigenvalue weighted by atomic mass is 35.5. The van der Waals surface area contributed by atoms with Gasteiger partial charge in [0.15, 0.2) is 11.3 Å². The predicted octanol–water partition coefficient (Wildman–Crippen LogP) is 5.23. The number of aromatic nitrogens is 4. The third-order valence-electron chi connectivity index (χ3n) is 8.27. The second-order valence-electron chi connectivity index (χ2n) is 10.7. The number of halogens is 2. The molecule has 5 rings (SSSR count). The molecule has 9 nitrogen and oxygen atoms in total. The van der Waals surface area contributed by atoms with Gasteiger partial charge in [0.05, 0.1) is 12.2 Å². The van der Waals surface area contributed by atoms with E-state index in [1.165, 1.54) is 0 Å². The normalized spacial score (nSPS) is 22.4. The number of anilines is 1. The summed E-state index contributed by atoms with van der Waals surface area (Å²) in [5, 5.41) is 24.1. The molecule has 0 saturated carbocycles. The molecule has 1 N–H and O–H groups in total. The predicted molar refractivity (Wildman–Crippen MR) is 154 cm³/mol. The second kappa shape index (κ2) is 12.1. The third kappa shape index (κ3) is 5.84. The molecule has 208 valence electrons. The maximum Gasteiger partial charge on any atom is 0.303 e. The molecule has 1 aromatic carbocycles. The van der Waals surface area contributed by atoms with Gasteiger partial charge in [0, 0.05) is 36.6 Å². The first kappa shape index (κ1) is 29.1. The van der Waals surface area contributed by atoms with Gasteiger partial charge < -0.3 is 10.0 Å². The molecule has 0 bridgehead atoms. The molecule has 4 heterocycles. The number of rotatable bonds is 7. The van der Waals surface area contributed by atoms with Gasteiger partial charge in [0.25, 0.3) is 0 Å². The summed E-state index contributed by atoms with van der Waals surface area (Å²) >= 11 is 6.18. The highest BCUT2D eigenvalue weighted by Crippen LogP contribution is 2.33. The van der Waals surface area contributed by atoms with Crippen LogP contribution in [0.2, 0.25) is 5.02 Å². The van der Waals surface area contributed by atoms with Gasteiger partial charge in [-0.15, -0.1) is 12.4 Å². The molecule has 0 amide bonds. The lowest BCUT2D eigenvalue weighted by Gasteiger charge is -2.43. The molecule has 2 aliphatic heterocycles. The Bertz CT molecular complexity index is 1390. The van der Waals surface area contributed by atoms with Crippen LogP contribution < -0.4 is 4.90 Å². The Morgan fingerprint density at radius 2 is 2.10 bits per heavy atom. The Morgan fingerprint density at radius 3 is 2.79 bits per heavy atom. The zero-order valence-electron chi connectivity index (χ0n) is 22.5. The maximum absolute atomic E-state index is 11.1. The monoisotopic (exact) mass is 571 g/mol. The molecular weight excluding hydrogens is 537 g/mol. The van der Waals surface area contributed by atoms with Gasteiger partial charge in [-0.2, -0.15) is 10.4 Å². The fourth-order valence-corrected chi connectivity index (χ4v) is 6.59. The first-order chi connectivity index (χ1) is 18.3. The van der Waals surface area contributed by atoms with Gasteiger partial charge in [-0.1, -0.05) is 24.6 Å². The van der Waals surface area contributed by atoms with Crippen molar-refractivity contribution in [3.63, 3.8) is 0 Å². The lowest BCUT2D eigenvalue weighted by molar-refractivity contribution is -0.137. The van der Waals surface area contributed by atoms with Gasteiger partial charge in [-0.25, -0.2) is 14.6 Å². The van der Waals surface area contributed by atoms with Crippen molar-refractivity contribution in [3.05, 3.63) is 46.2 Å². The Kier molecular flexibility index (Phi) is 9.00. The van der Waals surface area contributed by atoms with Crippen LogP contribution in [0.1, 0.15) is 68.8 Å². The van der Waals surface area contributed by atoms with Crippen LogP contribution in [0.5, 0.6) is 0 Å². The number of carbonyl (C=O) groups is 1. The number of aliphatic carboxylic acids is 1. The molecular formula is C28H35Cl2N7O2. The Morgan fingerprint density at radius 1 is 1.31 bits per heavy atom. The van der Waals surface area contributed by atoms with Gasteiger partial charge in [0.2, 0.25) is 0 Å². The van der Waals surface area contributed by atoms with E-state index in [-0.39, 0.29) is 30.6 Å². The summed E-state index contributed by atoms with van der Waals surface area (Å²) in [6.07, 6.45) is 5.92. The Labute approximate surface area is 240 Å². The average Bonchev–Trinajstić information content (AvgIpc) is 3.51. The van der Waals surface area contributed by atoms with Gasteiger partial charge in [0.1, 0.15) is 17.4 Å². The van der Waals surface area contributed by atoms with Crippen molar-refractivity contribution in [3.8, 4) is 6.07 Å². The number of likely N-dealkylation sites (tertiary alicyclic amines) is 1. The zero-order chi connectivity index (χ0) is 27.0. The standard InChI is InChI=1S/C28H34ClN7O2.ClH/c1-17-13-20(29)6-8-22(17)19(3)36-28-27(23(14-30)33-36)31-15-25(32-28)34-12-10-24(18(2)16-34)35-11-4-5-21(35)7-9-26(37)38;/h6,8,13,15,18-19,21,24H,4-5,7,9-12,16H2,1-3H3,(H,37,38);1H. The van der Waals surface area contributed by atoms with E-state index in [2.05, 4.69) is 32.9 Å². The van der Waals surface area contributed by atoms with Gasteiger partial charge in [-0.05, 0) is 75.3 Å². The number of aryl methyl sites for hydroxylation is 1. The van der Waals surface area contributed by atoms with E-state index < -0.39 is 5.97 Å². The Balaban J connectivity index is 0.00000353. The molecule has 0 spiro atoms. The van der Waals surface area contributed by atoms with Crippen LogP contribution in [0.3, 0.4) is 0 Å². The van der Waals surface area contributed by atoms with Crippen LogP contribution in [-0.2, 0) is 4.79 Å². The van der Waals surface area contributed by atoms with Crippen LogP contribution >= 0.6 is 24.0 Å². The molecule has 2 saturated heterocycles. The van der Waals surface area contributed by atoms with Crippen LogP contribution in [-0.4, -0.2) is 67.4 Å². The summed E-state index contributed by atoms with van der Waals surface area (Å²) in [4.78, 5) is 25.6. The quantitative estimate of drug-likeness (QED) is 0.410. The molecule has 3 aromatic rings. The fraction of sp³-hybridized carbons (Fsp3) is 0.536. The molecule has 0 radical (unpaired) electrons. The van der Waals surface area contributed by atoms with E-state index in [9.17, 15) is 10.1 Å².